The van der Waals surface area contributed by atoms with Crippen molar-refractivity contribution in [1.29, 1.82) is 0 Å². The van der Waals surface area contributed by atoms with Crippen molar-refractivity contribution in [3.8, 4) is 0 Å². The molecule has 0 saturated heterocycles. The molecule has 0 amide bonds. The third-order valence-electron chi connectivity index (χ3n) is 2.89. The van der Waals surface area contributed by atoms with E-state index in [-0.39, 0.29) is 0 Å². The molecule has 0 unspecified atom stereocenters. The summed E-state index contributed by atoms with van der Waals surface area (Å²) in [6, 6.07) is 19.9. The monoisotopic (exact) mass is 268 g/mol. The lowest BCUT2D eigenvalue weighted by Crippen LogP contribution is -2.27. The molecule has 0 heterocycles. The maximum atomic E-state index is 5.83. The van der Waals surface area contributed by atoms with Gasteiger partial charge in [-0.2, -0.15) is 0 Å². The van der Waals surface area contributed by atoms with Gasteiger partial charge in [0.2, 0.25) is 5.79 Å². The van der Waals surface area contributed by atoms with Gasteiger partial charge in [0.1, 0.15) is 5.76 Å². The fourth-order valence-electron chi connectivity index (χ4n) is 1.84. The molecule has 20 heavy (non-hydrogen) atoms. The minimum absolute atomic E-state index is 0.510. The third-order valence-corrected chi connectivity index (χ3v) is 2.89. The van der Waals surface area contributed by atoms with Gasteiger partial charge in [-0.3, -0.25) is 0 Å². The van der Waals surface area contributed by atoms with Gasteiger partial charge in [0.15, 0.2) is 0 Å². The lowest BCUT2D eigenvalue weighted by Gasteiger charge is -2.27. The van der Waals surface area contributed by atoms with E-state index in [2.05, 4.69) is 6.58 Å². The van der Waals surface area contributed by atoms with Crippen LogP contribution in [0.1, 0.15) is 25.0 Å². The van der Waals surface area contributed by atoms with Gasteiger partial charge in [0, 0.05) is 19.4 Å². The highest BCUT2D eigenvalue weighted by atomic mass is 16.7. The molecule has 0 spiro atoms. The van der Waals surface area contributed by atoms with Crippen molar-refractivity contribution >= 4 is 5.76 Å². The molecule has 2 aromatic carbocycles. The molecule has 0 bridgehead atoms. The highest BCUT2D eigenvalue weighted by molar-refractivity contribution is 5.57. The summed E-state index contributed by atoms with van der Waals surface area (Å²) < 4.78 is 11.7. The first-order chi connectivity index (χ1) is 9.57. The number of hydrogen-bond acceptors (Lipinski definition) is 2. The summed E-state index contributed by atoms with van der Waals surface area (Å²) in [6.45, 7) is 8.26. The van der Waals surface area contributed by atoms with E-state index in [4.69, 9.17) is 9.47 Å². The predicted octanol–water partition coefficient (Wildman–Crippen LogP) is 4.63. The summed E-state index contributed by atoms with van der Waals surface area (Å²) >= 11 is 0. The van der Waals surface area contributed by atoms with Gasteiger partial charge in [0.05, 0.1) is 6.61 Å². The van der Waals surface area contributed by atoms with Gasteiger partial charge in [-0.25, -0.2) is 0 Å². The van der Waals surface area contributed by atoms with Crippen LogP contribution in [0.5, 0.6) is 0 Å². The largest absolute Gasteiger partial charge is 0.463 e. The fraction of sp³-hybridized carbons (Fsp3) is 0.222. The standard InChI is InChI=1S/C18H20O2/c1-15(17-12-8-5-9-13-17)20-18(2,3)19-14-16-10-6-4-7-11-16/h4-13H,1,14H2,2-3H3. The van der Waals surface area contributed by atoms with Crippen molar-refractivity contribution in [3.05, 3.63) is 78.4 Å². The second-order valence-electron chi connectivity index (χ2n) is 5.07. The van der Waals surface area contributed by atoms with Crippen LogP contribution in [0.25, 0.3) is 5.76 Å². The van der Waals surface area contributed by atoms with Crippen molar-refractivity contribution < 1.29 is 9.47 Å². The van der Waals surface area contributed by atoms with Gasteiger partial charge in [-0.05, 0) is 5.56 Å². The molecule has 0 radical (unpaired) electrons. The van der Waals surface area contributed by atoms with E-state index in [0.29, 0.717) is 12.4 Å². The van der Waals surface area contributed by atoms with Crippen LogP contribution >= 0.6 is 0 Å². The molecular weight excluding hydrogens is 248 g/mol. The maximum Gasteiger partial charge on any atom is 0.205 e. The SMILES string of the molecule is C=C(OC(C)(C)OCc1ccccc1)c1ccccc1. The van der Waals surface area contributed by atoms with Crippen LogP contribution < -0.4 is 0 Å². The molecule has 0 aromatic heterocycles. The average Bonchev–Trinajstić information content (AvgIpc) is 2.47. The highest BCUT2D eigenvalue weighted by Crippen LogP contribution is 2.23. The number of rotatable bonds is 6. The van der Waals surface area contributed by atoms with Gasteiger partial charge < -0.3 is 9.47 Å². The van der Waals surface area contributed by atoms with Crippen LogP contribution in [0.2, 0.25) is 0 Å². The molecule has 2 rings (SSSR count). The Bertz CT molecular complexity index is 544. The Hall–Kier alpha value is -2.06. The van der Waals surface area contributed by atoms with Crippen molar-refractivity contribution in [2.24, 2.45) is 0 Å². The van der Waals surface area contributed by atoms with Crippen LogP contribution in [0, 0.1) is 0 Å². The van der Waals surface area contributed by atoms with Gasteiger partial charge in [-0.15, -0.1) is 0 Å². The molecule has 0 N–H and O–H groups in total. The van der Waals surface area contributed by atoms with Crippen LogP contribution in [-0.2, 0) is 16.1 Å². The summed E-state index contributed by atoms with van der Waals surface area (Å²) in [7, 11) is 0. The topological polar surface area (TPSA) is 18.5 Å². The van der Waals surface area contributed by atoms with Crippen LogP contribution in [0.15, 0.2) is 67.2 Å². The van der Waals surface area contributed by atoms with E-state index in [9.17, 15) is 0 Å². The van der Waals surface area contributed by atoms with Crippen LogP contribution in [0.4, 0.5) is 0 Å². The van der Waals surface area contributed by atoms with Crippen molar-refractivity contribution in [3.63, 3.8) is 0 Å². The van der Waals surface area contributed by atoms with Crippen LogP contribution in [0.3, 0.4) is 0 Å². The Morgan fingerprint density at radius 2 is 1.50 bits per heavy atom. The third kappa shape index (κ3) is 4.25. The van der Waals surface area contributed by atoms with Crippen molar-refractivity contribution in [2.45, 2.75) is 26.2 Å². The van der Waals surface area contributed by atoms with Crippen molar-refractivity contribution in [2.75, 3.05) is 0 Å². The minimum atomic E-state index is -0.719. The predicted molar refractivity (Wildman–Crippen MR) is 81.9 cm³/mol. The first-order valence-corrected chi connectivity index (χ1v) is 6.68. The lowest BCUT2D eigenvalue weighted by atomic mass is 10.2. The number of hydrogen-bond donors (Lipinski definition) is 0. The van der Waals surface area contributed by atoms with E-state index < -0.39 is 5.79 Å². The second kappa shape index (κ2) is 6.40. The van der Waals surface area contributed by atoms with Gasteiger partial charge >= 0.3 is 0 Å². The summed E-state index contributed by atoms with van der Waals surface area (Å²) in [4.78, 5) is 0. The molecule has 0 saturated carbocycles. The number of benzene rings is 2. The Labute approximate surface area is 120 Å². The smallest absolute Gasteiger partial charge is 0.205 e. The molecule has 104 valence electrons. The molecule has 0 atom stereocenters. The first kappa shape index (κ1) is 14.4. The normalized spacial score (nSPS) is 11.1. The molecule has 2 aromatic rings. The average molecular weight is 268 g/mol. The van der Waals surface area contributed by atoms with E-state index in [1.165, 1.54) is 0 Å². The fourth-order valence-corrected chi connectivity index (χ4v) is 1.84. The van der Waals surface area contributed by atoms with Gasteiger partial charge in [0.25, 0.3) is 0 Å². The summed E-state index contributed by atoms with van der Waals surface area (Å²) in [5.74, 6) is -0.105. The van der Waals surface area contributed by atoms with E-state index in [0.717, 1.165) is 11.1 Å². The van der Waals surface area contributed by atoms with E-state index in [1.807, 2.05) is 74.5 Å². The molecule has 0 aliphatic carbocycles. The Kier molecular flexibility index (Phi) is 4.59. The Morgan fingerprint density at radius 1 is 0.950 bits per heavy atom. The quantitative estimate of drug-likeness (QED) is 0.562. The maximum absolute atomic E-state index is 5.83. The molecule has 0 fully saturated rings. The summed E-state index contributed by atoms with van der Waals surface area (Å²) in [5.41, 5.74) is 2.08. The molecular formula is C18H20O2. The van der Waals surface area contributed by atoms with Gasteiger partial charge in [-0.1, -0.05) is 67.2 Å². The van der Waals surface area contributed by atoms with Crippen LogP contribution in [-0.4, -0.2) is 5.79 Å². The first-order valence-electron chi connectivity index (χ1n) is 6.68. The molecule has 2 heteroatoms. The zero-order valence-electron chi connectivity index (χ0n) is 12.0. The molecule has 2 nitrogen and oxygen atoms in total. The molecule has 0 aliphatic heterocycles. The summed E-state index contributed by atoms with van der Waals surface area (Å²) in [5, 5.41) is 0. The minimum Gasteiger partial charge on any atom is -0.463 e. The molecule has 0 aliphatic rings. The Balaban J connectivity index is 1.92. The zero-order valence-corrected chi connectivity index (χ0v) is 12.0. The Morgan fingerprint density at radius 3 is 2.10 bits per heavy atom. The second-order valence-corrected chi connectivity index (χ2v) is 5.07. The zero-order chi connectivity index (χ0) is 14.4. The number of ether oxygens (including phenoxy) is 2. The summed E-state index contributed by atoms with van der Waals surface area (Å²) in [6.07, 6.45) is 0. The van der Waals surface area contributed by atoms with E-state index in [1.54, 1.807) is 0 Å². The lowest BCUT2D eigenvalue weighted by molar-refractivity contribution is -0.180. The van der Waals surface area contributed by atoms with E-state index >= 15 is 0 Å². The van der Waals surface area contributed by atoms with Crippen molar-refractivity contribution in [1.82, 2.24) is 0 Å². The highest BCUT2D eigenvalue weighted by Gasteiger charge is 2.21.